The number of hydrogen-bond acceptors (Lipinski definition) is 4. The molecular weight excluding hydrogens is 342 g/mol. The Labute approximate surface area is 129 Å². The molecule has 1 fully saturated rings. The van der Waals surface area contributed by atoms with Crippen molar-refractivity contribution in [1.82, 2.24) is 0 Å². The Bertz CT molecular complexity index is 586. The van der Waals surface area contributed by atoms with Gasteiger partial charge in [-0.2, -0.15) is 0 Å². The van der Waals surface area contributed by atoms with Crippen molar-refractivity contribution < 1.29 is 13.2 Å². The lowest BCUT2D eigenvalue weighted by Gasteiger charge is -2.44. The van der Waals surface area contributed by atoms with Crippen LogP contribution in [0.4, 0.5) is 5.69 Å². The van der Waals surface area contributed by atoms with Gasteiger partial charge < -0.3 is 9.64 Å². The summed E-state index contributed by atoms with van der Waals surface area (Å²) in [5.41, 5.74) is 0.457. The van der Waals surface area contributed by atoms with E-state index in [9.17, 15) is 8.42 Å². The molecule has 2 rings (SSSR count). The number of ether oxygens (including phenoxy) is 1. The minimum atomic E-state index is -3.24. The summed E-state index contributed by atoms with van der Waals surface area (Å²) in [6.45, 7) is 5.40. The fraction of sp³-hybridized carbons (Fsp3) is 0.571. The van der Waals surface area contributed by atoms with Gasteiger partial charge >= 0.3 is 0 Å². The third kappa shape index (κ3) is 3.54. The van der Waals surface area contributed by atoms with Crippen LogP contribution in [0.2, 0.25) is 0 Å². The van der Waals surface area contributed by atoms with E-state index in [-0.39, 0.29) is 11.7 Å². The van der Waals surface area contributed by atoms with Crippen LogP contribution in [-0.4, -0.2) is 44.8 Å². The van der Waals surface area contributed by atoms with E-state index in [4.69, 9.17) is 4.74 Å². The summed E-state index contributed by atoms with van der Waals surface area (Å²) in [7, 11) is -3.24. The normalized spacial score (nSPS) is 22.8. The Kier molecular flexibility index (Phi) is 4.47. The molecule has 0 spiro atoms. The SMILES string of the molecule is CC1(C)CN(c2ccccc2S(C)(=O)=O)CC(CBr)O1. The monoisotopic (exact) mass is 361 g/mol. The van der Waals surface area contributed by atoms with Crippen LogP contribution in [0.15, 0.2) is 29.2 Å². The smallest absolute Gasteiger partial charge is 0.177 e. The zero-order valence-corrected chi connectivity index (χ0v) is 14.4. The molecule has 1 heterocycles. The molecule has 1 unspecified atom stereocenters. The summed E-state index contributed by atoms with van der Waals surface area (Å²) in [5, 5.41) is 0.730. The summed E-state index contributed by atoms with van der Waals surface area (Å²) < 4.78 is 29.8. The first-order chi connectivity index (χ1) is 9.23. The zero-order valence-electron chi connectivity index (χ0n) is 12.0. The molecule has 0 saturated carbocycles. The van der Waals surface area contributed by atoms with Crippen molar-refractivity contribution in [1.29, 1.82) is 0 Å². The van der Waals surface area contributed by atoms with Gasteiger partial charge in [-0.15, -0.1) is 0 Å². The first-order valence-electron chi connectivity index (χ1n) is 6.51. The van der Waals surface area contributed by atoms with Gasteiger partial charge in [0, 0.05) is 24.7 Å². The number of nitrogens with zero attached hydrogens (tertiary/aromatic N) is 1. The maximum atomic E-state index is 11.9. The van der Waals surface area contributed by atoms with Crippen LogP contribution in [-0.2, 0) is 14.6 Å². The third-order valence-corrected chi connectivity index (χ3v) is 5.13. The van der Waals surface area contributed by atoms with E-state index >= 15 is 0 Å². The lowest BCUT2D eigenvalue weighted by Crippen LogP contribution is -2.53. The number of para-hydroxylation sites is 1. The van der Waals surface area contributed by atoms with E-state index in [0.29, 0.717) is 18.0 Å². The predicted molar refractivity (Wildman–Crippen MR) is 84.5 cm³/mol. The molecule has 112 valence electrons. The molecule has 0 N–H and O–H groups in total. The second-order valence-corrected chi connectivity index (χ2v) is 8.41. The molecule has 1 aromatic carbocycles. The molecule has 0 radical (unpaired) electrons. The largest absolute Gasteiger partial charge is 0.368 e. The first kappa shape index (κ1) is 15.8. The molecule has 1 saturated heterocycles. The molecule has 1 aliphatic heterocycles. The molecule has 4 nitrogen and oxygen atoms in total. The second-order valence-electron chi connectivity index (χ2n) is 5.77. The average molecular weight is 362 g/mol. The molecule has 20 heavy (non-hydrogen) atoms. The summed E-state index contributed by atoms with van der Waals surface area (Å²) in [6, 6.07) is 7.16. The molecule has 0 bridgehead atoms. The van der Waals surface area contributed by atoms with Crippen molar-refractivity contribution in [3.63, 3.8) is 0 Å². The predicted octanol–water partition coefficient (Wildman–Crippen LogP) is 2.47. The van der Waals surface area contributed by atoms with Crippen LogP contribution in [0.1, 0.15) is 13.8 Å². The Balaban J connectivity index is 2.41. The number of halogens is 1. The van der Waals surface area contributed by atoms with E-state index in [1.165, 1.54) is 6.26 Å². The molecule has 0 aliphatic carbocycles. The van der Waals surface area contributed by atoms with Gasteiger partial charge in [-0.3, -0.25) is 0 Å². The highest BCUT2D eigenvalue weighted by molar-refractivity contribution is 9.09. The summed E-state index contributed by atoms with van der Waals surface area (Å²) in [4.78, 5) is 2.48. The molecule has 0 amide bonds. The molecule has 6 heteroatoms. The third-order valence-electron chi connectivity index (χ3n) is 3.26. The fourth-order valence-electron chi connectivity index (χ4n) is 2.59. The number of rotatable bonds is 3. The van der Waals surface area contributed by atoms with Crippen molar-refractivity contribution in [3.05, 3.63) is 24.3 Å². The van der Waals surface area contributed by atoms with Crippen LogP contribution in [0.25, 0.3) is 0 Å². The highest BCUT2D eigenvalue weighted by atomic mass is 79.9. The summed E-state index contributed by atoms with van der Waals surface area (Å²) >= 11 is 3.45. The molecule has 1 aliphatic rings. The van der Waals surface area contributed by atoms with E-state index in [0.717, 1.165) is 11.0 Å². The van der Waals surface area contributed by atoms with Crippen molar-refractivity contribution in [2.24, 2.45) is 0 Å². The van der Waals surface area contributed by atoms with E-state index in [1.807, 2.05) is 26.0 Å². The zero-order chi connectivity index (χ0) is 15.0. The Hall–Kier alpha value is -0.590. The number of morpholine rings is 1. The van der Waals surface area contributed by atoms with Crippen LogP contribution >= 0.6 is 15.9 Å². The van der Waals surface area contributed by atoms with Crippen molar-refractivity contribution in [3.8, 4) is 0 Å². The van der Waals surface area contributed by atoms with E-state index in [1.54, 1.807) is 12.1 Å². The molecular formula is C14H20BrNO3S. The topological polar surface area (TPSA) is 46.6 Å². The first-order valence-corrected chi connectivity index (χ1v) is 9.52. The van der Waals surface area contributed by atoms with Crippen molar-refractivity contribution in [2.45, 2.75) is 30.4 Å². The van der Waals surface area contributed by atoms with E-state index in [2.05, 4.69) is 20.8 Å². The number of sulfone groups is 1. The van der Waals surface area contributed by atoms with Crippen LogP contribution in [0.5, 0.6) is 0 Å². The number of hydrogen-bond donors (Lipinski definition) is 0. The maximum absolute atomic E-state index is 11.9. The molecule has 0 aromatic heterocycles. The van der Waals surface area contributed by atoms with Gasteiger partial charge in [0.25, 0.3) is 0 Å². The number of alkyl halides is 1. The standard InChI is InChI=1S/C14H20BrNO3S/c1-14(2)10-16(9-11(8-15)19-14)12-6-4-5-7-13(12)20(3,17)18/h4-7,11H,8-10H2,1-3H3. The Morgan fingerprint density at radius 2 is 2.05 bits per heavy atom. The quantitative estimate of drug-likeness (QED) is 0.775. The Morgan fingerprint density at radius 3 is 2.65 bits per heavy atom. The van der Waals surface area contributed by atoms with Gasteiger partial charge in [0.2, 0.25) is 0 Å². The van der Waals surface area contributed by atoms with Gasteiger partial charge in [0.15, 0.2) is 9.84 Å². The molecule has 1 aromatic rings. The van der Waals surface area contributed by atoms with Gasteiger partial charge in [0.05, 0.1) is 22.3 Å². The van der Waals surface area contributed by atoms with Gasteiger partial charge in [-0.05, 0) is 26.0 Å². The van der Waals surface area contributed by atoms with Crippen molar-refractivity contribution >= 4 is 31.5 Å². The highest BCUT2D eigenvalue weighted by Gasteiger charge is 2.34. The van der Waals surface area contributed by atoms with Gasteiger partial charge in [0.1, 0.15) is 0 Å². The number of anilines is 1. The highest BCUT2D eigenvalue weighted by Crippen LogP contribution is 2.31. The number of benzene rings is 1. The van der Waals surface area contributed by atoms with Crippen molar-refractivity contribution in [2.75, 3.05) is 29.6 Å². The minimum Gasteiger partial charge on any atom is -0.368 e. The maximum Gasteiger partial charge on any atom is 0.177 e. The van der Waals surface area contributed by atoms with Gasteiger partial charge in [-0.1, -0.05) is 28.1 Å². The summed E-state index contributed by atoms with van der Waals surface area (Å²) in [5.74, 6) is 0. The van der Waals surface area contributed by atoms with Crippen LogP contribution in [0.3, 0.4) is 0 Å². The Morgan fingerprint density at radius 1 is 1.40 bits per heavy atom. The molecule has 1 atom stereocenters. The second kappa shape index (κ2) is 5.66. The average Bonchev–Trinajstić information content (AvgIpc) is 2.35. The lowest BCUT2D eigenvalue weighted by molar-refractivity contribution is -0.0725. The lowest BCUT2D eigenvalue weighted by atomic mass is 10.0. The van der Waals surface area contributed by atoms with Gasteiger partial charge in [-0.25, -0.2) is 8.42 Å². The van der Waals surface area contributed by atoms with Crippen LogP contribution in [0, 0.1) is 0 Å². The fourth-order valence-corrected chi connectivity index (χ4v) is 3.83. The minimum absolute atomic E-state index is 0.0476. The summed E-state index contributed by atoms with van der Waals surface area (Å²) in [6.07, 6.45) is 1.30. The van der Waals surface area contributed by atoms with Crippen LogP contribution < -0.4 is 4.90 Å². The van der Waals surface area contributed by atoms with E-state index < -0.39 is 9.84 Å².